The average Bonchev–Trinajstić information content (AvgIpc) is 2.84. The van der Waals surface area contributed by atoms with Crippen LogP contribution >= 0.6 is 0 Å². The van der Waals surface area contributed by atoms with Gasteiger partial charge in [0.05, 0.1) is 4.90 Å². The van der Waals surface area contributed by atoms with Crippen molar-refractivity contribution < 1.29 is 25.6 Å². The van der Waals surface area contributed by atoms with Gasteiger partial charge in [-0.05, 0) is 29.3 Å². The number of hydrogen-bond donors (Lipinski definition) is 1. The number of nitrogens with zero attached hydrogens (tertiary/aromatic N) is 2. The first-order valence-electron chi connectivity index (χ1n) is 10.7. The number of carbonyl (C=O) groups excluding carboxylic acids is 1. The van der Waals surface area contributed by atoms with Gasteiger partial charge in [-0.15, -0.1) is 0 Å². The lowest BCUT2D eigenvalue weighted by atomic mass is 10.1. The second kappa shape index (κ2) is 11.4. The molecule has 3 aromatic carbocycles. The summed E-state index contributed by atoms with van der Waals surface area (Å²) < 4.78 is 28.1. The third kappa shape index (κ3) is 6.65. The van der Waals surface area contributed by atoms with Crippen LogP contribution in [0.5, 0.6) is 0 Å². The molecule has 1 fully saturated rings. The molecule has 1 amide bonds. The molecule has 33 heavy (non-hydrogen) atoms. The van der Waals surface area contributed by atoms with Crippen LogP contribution in [0.1, 0.15) is 21.5 Å². The van der Waals surface area contributed by atoms with Crippen molar-refractivity contribution in [2.45, 2.75) is 18.0 Å². The van der Waals surface area contributed by atoms with Crippen molar-refractivity contribution in [2.75, 3.05) is 26.2 Å². The Hall–Kier alpha value is -2.71. The monoisotopic (exact) mass is 484 g/mol. The number of nitrogens with one attached hydrogen (secondary N) is 1. The maximum atomic E-state index is 13.0. The highest BCUT2D eigenvalue weighted by atomic mass is 35.5. The maximum Gasteiger partial charge on any atom is 0.253 e. The molecule has 0 radical (unpaired) electrons. The van der Waals surface area contributed by atoms with Crippen LogP contribution < -0.4 is 17.1 Å². The van der Waals surface area contributed by atoms with E-state index in [0.717, 1.165) is 25.2 Å². The Bertz CT molecular complexity index is 1150. The zero-order chi connectivity index (χ0) is 22.4. The first kappa shape index (κ1) is 24.9. The quantitative estimate of drug-likeness (QED) is 0.517. The van der Waals surface area contributed by atoms with Crippen LogP contribution in [0.4, 0.5) is 0 Å². The fraction of sp³-hybridized carbons (Fsp3) is 0.240. The average molecular weight is 485 g/mol. The van der Waals surface area contributed by atoms with Gasteiger partial charge >= 0.3 is 0 Å². The minimum atomic E-state index is -3.72. The number of amides is 1. The van der Waals surface area contributed by atoms with Crippen molar-refractivity contribution in [1.82, 2.24) is 14.5 Å². The van der Waals surface area contributed by atoms with E-state index in [-0.39, 0.29) is 29.8 Å². The van der Waals surface area contributed by atoms with Gasteiger partial charge in [-0.25, -0.2) is 13.1 Å². The Morgan fingerprint density at radius 2 is 1.39 bits per heavy atom. The summed E-state index contributed by atoms with van der Waals surface area (Å²) in [6, 6.07) is 25.9. The molecule has 0 unspecified atom stereocenters. The first-order valence-corrected chi connectivity index (χ1v) is 12.2. The zero-order valence-corrected chi connectivity index (χ0v) is 19.8. The summed E-state index contributed by atoms with van der Waals surface area (Å²) in [6.07, 6.45) is 0. The van der Waals surface area contributed by atoms with E-state index >= 15 is 0 Å². The van der Waals surface area contributed by atoms with Gasteiger partial charge in [-0.2, -0.15) is 0 Å². The number of sulfonamides is 1. The van der Waals surface area contributed by atoms with E-state index in [9.17, 15) is 13.2 Å². The molecular weight excluding hydrogens is 458 g/mol. The molecule has 0 aromatic heterocycles. The summed E-state index contributed by atoms with van der Waals surface area (Å²) in [5.41, 5.74) is 2.52. The molecule has 4 rings (SSSR count). The third-order valence-electron chi connectivity index (χ3n) is 5.61. The van der Waals surface area contributed by atoms with Crippen LogP contribution in [0.15, 0.2) is 89.8 Å². The van der Waals surface area contributed by atoms with Crippen molar-refractivity contribution >= 4 is 15.9 Å². The van der Waals surface area contributed by atoms with Gasteiger partial charge in [0.1, 0.15) is 0 Å². The lowest BCUT2D eigenvalue weighted by Crippen LogP contribution is -3.00. The fourth-order valence-electron chi connectivity index (χ4n) is 3.79. The molecule has 1 N–H and O–H groups in total. The van der Waals surface area contributed by atoms with Gasteiger partial charge in [-0.1, -0.05) is 66.7 Å². The number of carbonyl (C=O) groups is 1. The normalized spacial score (nSPS) is 14.5. The van der Waals surface area contributed by atoms with Gasteiger partial charge in [-0.3, -0.25) is 9.69 Å². The zero-order valence-electron chi connectivity index (χ0n) is 18.2. The summed E-state index contributed by atoms with van der Waals surface area (Å²) in [5, 5.41) is 0. The van der Waals surface area contributed by atoms with Crippen molar-refractivity contribution in [2.24, 2.45) is 0 Å². The second-order valence-corrected chi connectivity index (χ2v) is 9.66. The Morgan fingerprint density at radius 3 is 2.03 bits per heavy atom. The van der Waals surface area contributed by atoms with E-state index in [4.69, 9.17) is 0 Å². The van der Waals surface area contributed by atoms with Crippen LogP contribution in [0.2, 0.25) is 0 Å². The highest BCUT2D eigenvalue weighted by Crippen LogP contribution is 2.16. The molecule has 0 atom stereocenters. The molecule has 0 bridgehead atoms. The lowest BCUT2D eigenvalue weighted by molar-refractivity contribution is -0.0000198. The molecule has 8 heteroatoms. The first-order chi connectivity index (χ1) is 15.5. The number of piperazine rings is 1. The highest BCUT2D eigenvalue weighted by Gasteiger charge is 2.23. The molecule has 1 aliphatic rings. The smallest absolute Gasteiger partial charge is 0.253 e. The molecule has 174 valence electrons. The van der Waals surface area contributed by atoms with Gasteiger partial charge < -0.3 is 17.3 Å². The molecule has 0 aliphatic carbocycles. The van der Waals surface area contributed by atoms with E-state index in [1.807, 2.05) is 48.5 Å². The number of hydrogen-bond acceptors (Lipinski definition) is 4. The Morgan fingerprint density at radius 1 is 0.788 bits per heavy atom. The summed E-state index contributed by atoms with van der Waals surface area (Å²) in [4.78, 5) is 17.2. The summed E-state index contributed by atoms with van der Waals surface area (Å²) >= 11 is 0. The van der Waals surface area contributed by atoms with E-state index in [0.29, 0.717) is 18.7 Å². The number of benzene rings is 3. The molecule has 0 spiro atoms. The minimum Gasteiger partial charge on any atom is -1.00 e. The van der Waals surface area contributed by atoms with Crippen molar-refractivity contribution in [3.63, 3.8) is 0 Å². The Balaban J connectivity index is 0.00000306. The van der Waals surface area contributed by atoms with Crippen molar-refractivity contribution in [1.29, 1.82) is 0 Å². The van der Waals surface area contributed by atoms with Crippen molar-refractivity contribution in [3.05, 3.63) is 102 Å². The minimum absolute atomic E-state index is 0. The van der Waals surface area contributed by atoms with Crippen LogP contribution in [0.25, 0.3) is 0 Å². The summed E-state index contributed by atoms with van der Waals surface area (Å²) in [7, 11) is -3.72. The third-order valence-corrected chi connectivity index (χ3v) is 7.01. The Kier molecular flexibility index (Phi) is 8.63. The summed E-state index contributed by atoms with van der Waals surface area (Å²) in [6.45, 7) is 3.88. The molecule has 3 aromatic rings. The van der Waals surface area contributed by atoms with Crippen LogP contribution in [0.3, 0.4) is 0 Å². The largest absolute Gasteiger partial charge is 1.00 e. The predicted molar refractivity (Wildman–Crippen MR) is 125 cm³/mol. The Labute approximate surface area is 201 Å². The fourth-order valence-corrected chi connectivity index (χ4v) is 4.85. The van der Waals surface area contributed by atoms with Gasteiger partial charge in [0, 0.05) is 44.8 Å². The predicted octanol–water partition coefficient (Wildman–Crippen LogP) is 0.127. The topological polar surface area (TPSA) is 69.7 Å². The highest BCUT2D eigenvalue weighted by molar-refractivity contribution is 7.89. The van der Waals surface area contributed by atoms with Gasteiger partial charge in [0.15, 0.2) is 0 Å². The molecular formula is C25H27ClN3O3S-. The maximum absolute atomic E-state index is 13.0. The number of halogens is 1. The molecule has 1 aliphatic heterocycles. The standard InChI is InChI=1S/C25H27N3O3S.ClH/c29-25(28-16-14-27(15-17-28)20-22-10-5-2-6-11-22)23-12-7-13-24(18-23)32(30,31)26-19-21-8-3-1-4-9-21;/h1-13,18,26H,14-17,19-20H2;1H/p-1. The van der Waals surface area contributed by atoms with E-state index in [2.05, 4.69) is 21.8 Å². The van der Waals surface area contributed by atoms with E-state index < -0.39 is 10.0 Å². The van der Waals surface area contributed by atoms with E-state index in [1.165, 1.54) is 17.7 Å². The second-order valence-electron chi connectivity index (χ2n) is 7.89. The van der Waals surface area contributed by atoms with Crippen LogP contribution in [0, 0.1) is 0 Å². The molecule has 6 nitrogen and oxygen atoms in total. The summed E-state index contributed by atoms with van der Waals surface area (Å²) in [5.74, 6) is -0.135. The van der Waals surface area contributed by atoms with Gasteiger partial charge in [0.2, 0.25) is 10.0 Å². The lowest BCUT2D eigenvalue weighted by Gasteiger charge is -2.34. The van der Waals surface area contributed by atoms with Crippen LogP contribution in [-0.4, -0.2) is 50.3 Å². The van der Waals surface area contributed by atoms with Crippen molar-refractivity contribution in [3.8, 4) is 0 Å². The molecule has 0 saturated carbocycles. The van der Waals surface area contributed by atoms with E-state index in [1.54, 1.807) is 17.0 Å². The van der Waals surface area contributed by atoms with Crippen LogP contribution in [-0.2, 0) is 23.1 Å². The number of rotatable bonds is 7. The SMILES string of the molecule is O=C(c1cccc(S(=O)(=O)NCc2ccccc2)c1)N1CCN(Cc2ccccc2)CC1.[Cl-]. The molecule has 1 heterocycles. The molecule has 1 saturated heterocycles. The van der Waals surface area contributed by atoms with Gasteiger partial charge in [0.25, 0.3) is 5.91 Å².